The van der Waals surface area contributed by atoms with E-state index in [-0.39, 0.29) is 12.2 Å². The fourth-order valence-electron chi connectivity index (χ4n) is 5.13. The van der Waals surface area contributed by atoms with E-state index in [2.05, 4.69) is 32.4 Å². The minimum absolute atomic E-state index is 0.175. The first-order valence-corrected chi connectivity index (χ1v) is 14.2. The van der Waals surface area contributed by atoms with Gasteiger partial charge in [0, 0.05) is 29.1 Å². The topological polar surface area (TPSA) is 114 Å². The first-order valence-electron chi connectivity index (χ1n) is 13.4. The minimum Gasteiger partial charge on any atom is -0.478 e. The maximum atomic E-state index is 11.8. The van der Waals surface area contributed by atoms with Crippen molar-refractivity contribution >= 4 is 44.0 Å². The second kappa shape index (κ2) is 11.3. The molecule has 0 unspecified atom stereocenters. The van der Waals surface area contributed by atoms with Gasteiger partial charge in [0.2, 0.25) is 0 Å². The van der Waals surface area contributed by atoms with Gasteiger partial charge in [0.15, 0.2) is 5.65 Å². The number of pyridine rings is 2. The van der Waals surface area contributed by atoms with E-state index in [1.165, 1.54) is 0 Å². The number of hydrogen-bond acceptors (Lipinski definition) is 6. The zero-order valence-electron chi connectivity index (χ0n) is 22.3. The smallest absolute Gasteiger partial charge is 0.336 e. The van der Waals surface area contributed by atoms with Crippen molar-refractivity contribution in [1.29, 1.82) is 0 Å². The number of carboxylic acids is 1. The maximum Gasteiger partial charge on any atom is 0.336 e. The van der Waals surface area contributed by atoms with Crippen LogP contribution < -0.4 is 0 Å². The molecule has 0 amide bonds. The lowest BCUT2D eigenvalue weighted by atomic mass is 10.0. The van der Waals surface area contributed by atoms with Gasteiger partial charge in [-0.3, -0.25) is 4.98 Å². The number of unbranched alkanes of at least 4 members (excludes halogenated alkanes) is 1. The summed E-state index contributed by atoms with van der Waals surface area (Å²) in [6.07, 6.45) is 4.55. The van der Waals surface area contributed by atoms with Crippen LogP contribution in [0.3, 0.4) is 0 Å². The second-order valence-electron chi connectivity index (χ2n) is 9.84. The van der Waals surface area contributed by atoms with Crippen molar-refractivity contribution in [1.82, 2.24) is 19.5 Å². The highest BCUT2D eigenvalue weighted by atomic mass is 79.9. The average Bonchev–Trinajstić information content (AvgIpc) is 3.51. The van der Waals surface area contributed by atoms with E-state index in [1.807, 2.05) is 42.5 Å². The molecule has 2 aromatic carbocycles. The number of benzene rings is 2. The van der Waals surface area contributed by atoms with Gasteiger partial charge in [0.25, 0.3) is 0 Å². The fourth-order valence-corrected chi connectivity index (χ4v) is 5.73. The van der Waals surface area contributed by atoms with Crippen LogP contribution >= 0.6 is 15.9 Å². The third kappa shape index (κ3) is 5.03. The number of carboxylic acid groups (broad SMARTS) is 1. The summed E-state index contributed by atoms with van der Waals surface area (Å²) in [5.41, 5.74) is 5.87. The molecule has 0 aliphatic carbocycles. The zero-order chi connectivity index (χ0) is 28.5. The quantitative estimate of drug-likeness (QED) is 0.177. The summed E-state index contributed by atoms with van der Waals surface area (Å²) in [6, 6.07) is 20.4. The second-order valence-corrected chi connectivity index (χ2v) is 10.6. The molecular formula is C32H27BrN4O4. The Balaban J connectivity index is 1.44. The van der Waals surface area contributed by atoms with Gasteiger partial charge >= 0.3 is 5.97 Å². The molecule has 0 aliphatic rings. The van der Waals surface area contributed by atoms with Gasteiger partial charge in [0.05, 0.1) is 34.6 Å². The summed E-state index contributed by atoms with van der Waals surface area (Å²) < 4.78 is 8.94. The summed E-state index contributed by atoms with van der Waals surface area (Å²) >= 11 is 3.67. The highest BCUT2D eigenvalue weighted by molar-refractivity contribution is 9.10. The molecule has 0 saturated heterocycles. The number of furan rings is 1. The predicted octanol–water partition coefficient (Wildman–Crippen LogP) is 7.25. The molecule has 41 heavy (non-hydrogen) atoms. The molecule has 6 aromatic rings. The highest BCUT2D eigenvalue weighted by Gasteiger charge is 2.21. The first kappa shape index (κ1) is 26.9. The molecule has 8 nitrogen and oxygen atoms in total. The largest absolute Gasteiger partial charge is 0.478 e. The third-order valence-corrected chi connectivity index (χ3v) is 7.95. The van der Waals surface area contributed by atoms with Gasteiger partial charge in [0.1, 0.15) is 22.7 Å². The molecule has 0 spiro atoms. The summed E-state index contributed by atoms with van der Waals surface area (Å²) in [6.45, 7) is 2.45. The number of carbonyl (C=O) groups is 1. The van der Waals surface area contributed by atoms with Crippen molar-refractivity contribution < 1.29 is 19.4 Å². The lowest BCUT2D eigenvalue weighted by molar-refractivity contribution is 0.0697. The molecule has 9 heteroatoms. The van der Waals surface area contributed by atoms with Gasteiger partial charge in [-0.1, -0.05) is 43.7 Å². The van der Waals surface area contributed by atoms with Gasteiger partial charge in [-0.2, -0.15) is 0 Å². The normalized spacial score (nSPS) is 11.5. The lowest BCUT2D eigenvalue weighted by Crippen LogP contribution is -2.07. The number of aliphatic hydroxyl groups excluding tert-OH is 1. The van der Waals surface area contributed by atoms with Crippen molar-refractivity contribution in [3.63, 3.8) is 0 Å². The van der Waals surface area contributed by atoms with Crippen LogP contribution in [0.1, 0.15) is 47.2 Å². The van der Waals surface area contributed by atoms with Crippen LogP contribution in [0, 0.1) is 0 Å². The molecule has 2 N–H and O–H groups in total. The number of aromatic carboxylic acids is 1. The minimum atomic E-state index is -1.01. The average molecular weight is 611 g/mol. The molecule has 206 valence electrons. The number of fused-ring (bicyclic) bond motifs is 2. The molecule has 0 bridgehead atoms. The van der Waals surface area contributed by atoms with E-state index in [0.717, 1.165) is 52.8 Å². The molecule has 4 aromatic heterocycles. The van der Waals surface area contributed by atoms with Crippen LogP contribution in [-0.2, 0) is 19.6 Å². The van der Waals surface area contributed by atoms with E-state index in [9.17, 15) is 15.0 Å². The van der Waals surface area contributed by atoms with Crippen LogP contribution in [0.5, 0.6) is 0 Å². The molecule has 0 fully saturated rings. The van der Waals surface area contributed by atoms with E-state index >= 15 is 0 Å². The molecule has 4 heterocycles. The summed E-state index contributed by atoms with van der Waals surface area (Å²) in [4.78, 5) is 26.1. The molecule has 0 aliphatic heterocycles. The van der Waals surface area contributed by atoms with E-state index in [4.69, 9.17) is 14.4 Å². The van der Waals surface area contributed by atoms with Crippen LogP contribution in [0.25, 0.3) is 44.7 Å². The molecule has 0 saturated carbocycles. The van der Waals surface area contributed by atoms with E-state index < -0.39 is 5.97 Å². The Morgan fingerprint density at radius 2 is 1.85 bits per heavy atom. The summed E-state index contributed by atoms with van der Waals surface area (Å²) in [5.74, 6) is 0.392. The van der Waals surface area contributed by atoms with E-state index in [1.54, 1.807) is 30.5 Å². The van der Waals surface area contributed by atoms with Crippen LogP contribution in [0.4, 0.5) is 0 Å². The van der Waals surface area contributed by atoms with E-state index in [0.29, 0.717) is 39.3 Å². The summed E-state index contributed by atoms with van der Waals surface area (Å²) in [5, 5.41) is 20.7. The van der Waals surface area contributed by atoms with Crippen molar-refractivity contribution in [2.24, 2.45) is 0 Å². The lowest BCUT2D eigenvalue weighted by Gasteiger charge is -2.11. The Bertz CT molecular complexity index is 1900. The molecule has 0 atom stereocenters. The van der Waals surface area contributed by atoms with Gasteiger partial charge < -0.3 is 19.2 Å². The molecular weight excluding hydrogens is 584 g/mol. The van der Waals surface area contributed by atoms with Crippen molar-refractivity contribution in [2.45, 2.75) is 39.3 Å². The zero-order valence-corrected chi connectivity index (χ0v) is 23.9. The number of hydrogen-bond donors (Lipinski definition) is 2. The van der Waals surface area contributed by atoms with Crippen LogP contribution in [0.2, 0.25) is 0 Å². The molecule has 0 radical (unpaired) electrons. The number of imidazole rings is 1. The van der Waals surface area contributed by atoms with Crippen molar-refractivity contribution in [2.75, 3.05) is 0 Å². The fraction of sp³-hybridized carbons (Fsp3) is 0.188. The number of aromatic nitrogens is 4. The van der Waals surface area contributed by atoms with Crippen molar-refractivity contribution in [3.8, 4) is 22.6 Å². The number of aryl methyl sites for hydroxylation is 1. The van der Waals surface area contributed by atoms with Crippen LogP contribution in [0.15, 0.2) is 81.8 Å². The van der Waals surface area contributed by atoms with Gasteiger partial charge in [-0.05, 0) is 64.3 Å². The first-order chi connectivity index (χ1) is 20.0. The number of nitrogens with zero attached hydrogens (tertiary/aromatic N) is 4. The maximum absolute atomic E-state index is 11.8. The SMILES string of the molecule is CCCCc1nc2cc(-c3ccccn3)c(CO)nc2n1Cc1ccc2oc(-c3ccccc3C(=O)O)c(Br)c2c1. The van der Waals surface area contributed by atoms with Gasteiger partial charge in [-0.25, -0.2) is 14.8 Å². The van der Waals surface area contributed by atoms with Crippen molar-refractivity contribution in [3.05, 3.63) is 100 Å². The predicted molar refractivity (Wildman–Crippen MR) is 161 cm³/mol. The Hall–Kier alpha value is -4.34. The standard InChI is InChI=1S/C32H27BrN4O4/c1-2-3-11-28-35-25-16-22(24-10-6-7-14-34-24)26(18-38)36-31(25)37(28)17-19-12-13-27-23(15-19)29(33)30(41-27)20-8-4-5-9-21(20)32(39)40/h4-10,12-16,38H,2-3,11,17-18H2,1H3,(H,39,40). The highest BCUT2D eigenvalue weighted by Crippen LogP contribution is 2.39. The Morgan fingerprint density at radius 1 is 1.02 bits per heavy atom. The summed E-state index contributed by atoms with van der Waals surface area (Å²) in [7, 11) is 0. The number of aliphatic hydroxyl groups is 1. The Kier molecular flexibility index (Phi) is 7.38. The Labute approximate surface area is 244 Å². The van der Waals surface area contributed by atoms with Crippen LogP contribution in [-0.4, -0.2) is 35.7 Å². The number of rotatable bonds is 9. The van der Waals surface area contributed by atoms with Gasteiger partial charge in [-0.15, -0.1) is 0 Å². The number of halogens is 1. The Morgan fingerprint density at radius 3 is 2.61 bits per heavy atom. The third-order valence-electron chi connectivity index (χ3n) is 7.16. The monoisotopic (exact) mass is 610 g/mol. The molecule has 6 rings (SSSR count).